The number of hydrogen-bond acceptors (Lipinski definition) is 6. The average Bonchev–Trinajstić information content (AvgIpc) is 2.89. The SMILES string of the molecule is CC(C)C[C@@H](C(=O)NN(c1ccccc1)S(C)(=O)=O)[C@H](CC=Cc1ccccc1)C(=O)OC1CCCCO1. The molecule has 2 aromatic rings. The predicted molar refractivity (Wildman–Crippen MR) is 148 cm³/mol. The minimum atomic E-state index is -3.85. The van der Waals surface area contributed by atoms with Crippen LogP contribution in [0.5, 0.6) is 0 Å². The van der Waals surface area contributed by atoms with Crippen molar-refractivity contribution in [2.75, 3.05) is 17.3 Å². The molecule has 9 heteroatoms. The first kappa shape index (κ1) is 29.4. The van der Waals surface area contributed by atoms with Crippen LogP contribution in [0.25, 0.3) is 6.08 Å². The molecule has 1 heterocycles. The summed E-state index contributed by atoms with van der Waals surface area (Å²) in [6.07, 6.45) is 7.16. The molecule has 0 radical (unpaired) electrons. The molecule has 1 aliphatic heterocycles. The highest BCUT2D eigenvalue weighted by atomic mass is 32.2. The van der Waals surface area contributed by atoms with Gasteiger partial charge in [0.1, 0.15) is 0 Å². The number of benzene rings is 2. The summed E-state index contributed by atoms with van der Waals surface area (Å²) >= 11 is 0. The smallest absolute Gasteiger partial charge is 0.312 e. The third kappa shape index (κ3) is 8.99. The number of hydrogen-bond donors (Lipinski definition) is 1. The van der Waals surface area contributed by atoms with E-state index in [0.29, 0.717) is 25.1 Å². The van der Waals surface area contributed by atoms with Gasteiger partial charge in [0.2, 0.25) is 22.2 Å². The Morgan fingerprint density at radius 2 is 1.71 bits per heavy atom. The first-order valence-electron chi connectivity index (χ1n) is 13.0. The second kappa shape index (κ2) is 14.1. The third-order valence-corrected chi connectivity index (χ3v) is 7.24. The second-order valence-corrected chi connectivity index (χ2v) is 11.8. The van der Waals surface area contributed by atoms with Crippen LogP contribution in [0.15, 0.2) is 66.7 Å². The number of allylic oxidation sites excluding steroid dienone is 1. The Morgan fingerprint density at radius 3 is 2.29 bits per heavy atom. The molecule has 8 nitrogen and oxygen atoms in total. The van der Waals surface area contributed by atoms with Crippen molar-refractivity contribution < 1.29 is 27.5 Å². The quantitative estimate of drug-likeness (QED) is 0.301. The molecule has 206 valence electrons. The van der Waals surface area contributed by atoms with Crippen LogP contribution < -0.4 is 9.84 Å². The zero-order chi connectivity index (χ0) is 27.5. The fraction of sp³-hybridized carbons (Fsp3) is 0.448. The molecule has 1 amide bonds. The third-order valence-electron chi connectivity index (χ3n) is 6.27. The lowest BCUT2D eigenvalue weighted by Gasteiger charge is -2.31. The maximum atomic E-state index is 13.7. The number of esters is 1. The molecule has 0 spiro atoms. The lowest BCUT2D eigenvalue weighted by Crippen LogP contribution is -2.50. The van der Waals surface area contributed by atoms with Gasteiger partial charge in [-0.3, -0.25) is 15.0 Å². The Labute approximate surface area is 226 Å². The van der Waals surface area contributed by atoms with E-state index in [9.17, 15) is 18.0 Å². The zero-order valence-electron chi connectivity index (χ0n) is 22.3. The van der Waals surface area contributed by atoms with E-state index in [0.717, 1.165) is 29.1 Å². The molecule has 1 fully saturated rings. The van der Waals surface area contributed by atoms with E-state index in [1.54, 1.807) is 30.3 Å². The van der Waals surface area contributed by atoms with Crippen molar-refractivity contribution in [3.63, 3.8) is 0 Å². The number of para-hydroxylation sites is 1. The van der Waals surface area contributed by atoms with Crippen molar-refractivity contribution in [1.29, 1.82) is 0 Å². The van der Waals surface area contributed by atoms with Crippen LogP contribution in [-0.2, 0) is 29.1 Å². The maximum absolute atomic E-state index is 13.7. The van der Waals surface area contributed by atoms with Gasteiger partial charge in [0, 0.05) is 6.42 Å². The second-order valence-electron chi connectivity index (χ2n) is 9.96. The molecule has 0 bridgehead atoms. The summed E-state index contributed by atoms with van der Waals surface area (Å²) in [5.41, 5.74) is 3.83. The number of carbonyl (C=O) groups excluding carboxylic acids is 2. The average molecular weight is 543 g/mol. The molecular weight excluding hydrogens is 504 g/mol. The van der Waals surface area contributed by atoms with Crippen molar-refractivity contribution in [2.45, 2.75) is 52.2 Å². The van der Waals surface area contributed by atoms with E-state index in [2.05, 4.69) is 5.43 Å². The summed E-state index contributed by atoms with van der Waals surface area (Å²) in [7, 11) is -3.85. The highest BCUT2D eigenvalue weighted by Crippen LogP contribution is 2.29. The maximum Gasteiger partial charge on any atom is 0.312 e. The molecule has 0 aliphatic carbocycles. The number of hydrazine groups is 1. The van der Waals surface area contributed by atoms with E-state index < -0.39 is 40.0 Å². The Hall–Kier alpha value is -3.17. The molecule has 1 unspecified atom stereocenters. The standard InChI is InChI=1S/C29H38N2O6S/c1-22(2)21-26(28(32)30-31(38(3,34)35)24-16-8-5-9-17-24)25(18-12-15-23-13-6-4-7-14-23)29(33)37-27-19-10-11-20-36-27/h4-9,12-17,22,25-27H,10-11,18-21H2,1-3H3,(H,30,32)/t25-,26+,27?/m0/s1. The monoisotopic (exact) mass is 542 g/mol. The number of ether oxygens (including phenoxy) is 2. The van der Waals surface area contributed by atoms with Gasteiger partial charge in [0.15, 0.2) is 0 Å². The van der Waals surface area contributed by atoms with E-state index in [1.807, 2.05) is 56.3 Å². The van der Waals surface area contributed by atoms with Crippen LogP contribution in [0.1, 0.15) is 51.5 Å². The highest BCUT2D eigenvalue weighted by Gasteiger charge is 2.37. The summed E-state index contributed by atoms with van der Waals surface area (Å²) < 4.78 is 37.4. The number of amides is 1. The minimum absolute atomic E-state index is 0.0634. The van der Waals surface area contributed by atoms with Gasteiger partial charge in [0.25, 0.3) is 0 Å². The van der Waals surface area contributed by atoms with Gasteiger partial charge in [-0.15, -0.1) is 0 Å². The Morgan fingerprint density at radius 1 is 1.05 bits per heavy atom. The molecule has 3 atom stereocenters. The van der Waals surface area contributed by atoms with Gasteiger partial charge < -0.3 is 9.47 Å². The highest BCUT2D eigenvalue weighted by molar-refractivity contribution is 7.92. The molecule has 1 aliphatic rings. The summed E-state index contributed by atoms with van der Waals surface area (Å²) in [5.74, 6) is -2.69. The number of anilines is 1. The lowest BCUT2D eigenvalue weighted by atomic mass is 9.82. The summed E-state index contributed by atoms with van der Waals surface area (Å²) in [4.78, 5) is 27.2. The normalized spacial score (nSPS) is 17.6. The number of rotatable bonds is 12. The Kier molecular flexibility index (Phi) is 10.9. The number of sulfonamides is 1. The molecule has 1 N–H and O–H groups in total. The molecule has 38 heavy (non-hydrogen) atoms. The fourth-order valence-corrected chi connectivity index (χ4v) is 5.17. The van der Waals surface area contributed by atoms with Crippen LogP contribution in [-0.4, -0.2) is 39.4 Å². The van der Waals surface area contributed by atoms with Crippen molar-refractivity contribution >= 4 is 33.7 Å². The van der Waals surface area contributed by atoms with Crippen molar-refractivity contribution in [2.24, 2.45) is 17.8 Å². The van der Waals surface area contributed by atoms with Crippen LogP contribution >= 0.6 is 0 Å². The molecule has 3 rings (SSSR count). The van der Waals surface area contributed by atoms with E-state index in [-0.39, 0.29) is 12.3 Å². The molecule has 1 saturated heterocycles. The first-order valence-corrected chi connectivity index (χ1v) is 14.9. The Balaban J connectivity index is 1.89. The van der Waals surface area contributed by atoms with Gasteiger partial charge in [-0.2, -0.15) is 4.41 Å². The first-order chi connectivity index (χ1) is 18.1. The number of carbonyl (C=O) groups is 2. The number of nitrogens with one attached hydrogen (secondary N) is 1. The van der Waals surface area contributed by atoms with Crippen LogP contribution in [0, 0.1) is 17.8 Å². The topological polar surface area (TPSA) is 102 Å². The zero-order valence-corrected chi connectivity index (χ0v) is 23.1. The molecule has 0 saturated carbocycles. The van der Waals surface area contributed by atoms with Gasteiger partial charge in [-0.05, 0) is 49.3 Å². The largest absolute Gasteiger partial charge is 0.436 e. The van der Waals surface area contributed by atoms with Crippen LogP contribution in [0.2, 0.25) is 0 Å². The Bertz CT molecular complexity index is 1160. The summed E-state index contributed by atoms with van der Waals surface area (Å²) in [6.45, 7) is 4.43. The van der Waals surface area contributed by atoms with Gasteiger partial charge in [0.05, 0.1) is 30.4 Å². The van der Waals surface area contributed by atoms with Crippen molar-refractivity contribution in [3.8, 4) is 0 Å². The van der Waals surface area contributed by atoms with E-state index >= 15 is 0 Å². The molecule has 0 aromatic heterocycles. The van der Waals surface area contributed by atoms with Crippen molar-refractivity contribution in [1.82, 2.24) is 5.43 Å². The van der Waals surface area contributed by atoms with Crippen molar-refractivity contribution in [3.05, 3.63) is 72.3 Å². The lowest BCUT2D eigenvalue weighted by molar-refractivity contribution is -0.193. The molecule has 2 aromatic carbocycles. The van der Waals surface area contributed by atoms with Crippen LogP contribution in [0.4, 0.5) is 5.69 Å². The van der Waals surface area contributed by atoms with E-state index in [1.165, 1.54) is 0 Å². The summed E-state index contributed by atoms with van der Waals surface area (Å²) in [5, 5.41) is 0. The minimum Gasteiger partial charge on any atom is -0.436 e. The van der Waals surface area contributed by atoms with Gasteiger partial charge in [-0.1, -0.05) is 74.5 Å². The fourth-order valence-electron chi connectivity index (χ4n) is 4.41. The van der Waals surface area contributed by atoms with Crippen LogP contribution in [0.3, 0.4) is 0 Å². The summed E-state index contributed by atoms with van der Waals surface area (Å²) in [6, 6.07) is 18.0. The predicted octanol–water partition coefficient (Wildman–Crippen LogP) is 4.94. The molecular formula is C29H38N2O6S. The van der Waals surface area contributed by atoms with E-state index in [4.69, 9.17) is 9.47 Å². The van der Waals surface area contributed by atoms with Gasteiger partial charge in [-0.25, -0.2) is 8.42 Å². The van der Waals surface area contributed by atoms with Gasteiger partial charge >= 0.3 is 5.97 Å². The number of nitrogens with zero attached hydrogens (tertiary/aromatic N) is 1.